The minimum absolute atomic E-state index is 0.0788. The van der Waals surface area contributed by atoms with Crippen LogP contribution in [0.3, 0.4) is 0 Å². The van der Waals surface area contributed by atoms with Crippen LogP contribution >= 0.6 is 0 Å². The van der Waals surface area contributed by atoms with E-state index in [9.17, 15) is 9.59 Å². The maximum atomic E-state index is 11.4. The number of aliphatic carboxylic acids is 1. The van der Waals surface area contributed by atoms with Crippen molar-refractivity contribution in [3.05, 3.63) is 23.8 Å². The van der Waals surface area contributed by atoms with E-state index in [1.54, 1.807) is 6.07 Å². The van der Waals surface area contributed by atoms with Crippen LogP contribution in [0.5, 0.6) is 11.5 Å². The molecule has 6 nitrogen and oxygen atoms in total. The van der Waals surface area contributed by atoms with Gasteiger partial charge in [-0.1, -0.05) is 0 Å². The number of ether oxygens (including phenoxy) is 2. The highest BCUT2D eigenvalue weighted by molar-refractivity contribution is 6.39. The van der Waals surface area contributed by atoms with Crippen molar-refractivity contribution in [3.63, 3.8) is 0 Å². The van der Waals surface area contributed by atoms with Crippen molar-refractivity contribution in [2.45, 2.75) is 18.9 Å². The fourth-order valence-corrected chi connectivity index (χ4v) is 2.31. The van der Waals surface area contributed by atoms with E-state index in [0.29, 0.717) is 11.5 Å². The number of carbonyl (C=O) groups is 2. The molecule has 114 valence electrons. The van der Waals surface area contributed by atoms with Gasteiger partial charge in [0.05, 0.1) is 7.11 Å². The predicted octanol–water partition coefficient (Wildman–Crippen LogP) is 1.44. The molecule has 0 aliphatic carbocycles. The second-order valence-electron chi connectivity index (χ2n) is 5.12. The van der Waals surface area contributed by atoms with Gasteiger partial charge in [-0.2, -0.15) is 0 Å². The predicted molar refractivity (Wildman–Crippen MR) is 76.1 cm³/mol. The van der Waals surface area contributed by atoms with Crippen molar-refractivity contribution >= 4 is 11.8 Å². The van der Waals surface area contributed by atoms with Gasteiger partial charge in [-0.25, -0.2) is 4.79 Å². The van der Waals surface area contributed by atoms with Gasteiger partial charge in [0, 0.05) is 18.7 Å². The largest absolute Gasteiger partial charge is 0.493 e. The molecule has 1 heterocycles. The molecule has 1 N–H and O–H groups in total. The Morgan fingerprint density at radius 2 is 1.90 bits per heavy atom. The molecule has 0 aromatic heterocycles. The lowest BCUT2D eigenvalue weighted by molar-refractivity contribution is -0.131. The summed E-state index contributed by atoms with van der Waals surface area (Å²) in [7, 11) is 3.54. The third kappa shape index (κ3) is 3.72. The second-order valence-corrected chi connectivity index (χ2v) is 5.12. The van der Waals surface area contributed by atoms with Crippen molar-refractivity contribution in [3.8, 4) is 11.5 Å². The number of piperidine rings is 1. The van der Waals surface area contributed by atoms with Gasteiger partial charge in [-0.15, -0.1) is 0 Å². The first-order valence-electron chi connectivity index (χ1n) is 6.82. The number of methoxy groups -OCH3 is 1. The van der Waals surface area contributed by atoms with Crippen LogP contribution in [0.4, 0.5) is 0 Å². The SMILES string of the molecule is COc1cc(C(=O)C(=O)O)ccc1OC1CCN(C)CC1. The van der Waals surface area contributed by atoms with Gasteiger partial charge in [0.1, 0.15) is 6.10 Å². The summed E-state index contributed by atoms with van der Waals surface area (Å²) in [6.07, 6.45) is 1.96. The molecule has 0 spiro atoms. The molecular formula is C15H19NO5. The zero-order valence-corrected chi connectivity index (χ0v) is 12.2. The van der Waals surface area contributed by atoms with Gasteiger partial charge in [-0.3, -0.25) is 4.79 Å². The Labute approximate surface area is 123 Å². The highest BCUT2D eigenvalue weighted by Crippen LogP contribution is 2.30. The summed E-state index contributed by atoms with van der Waals surface area (Å²) in [5.41, 5.74) is 0.0788. The molecule has 6 heteroatoms. The highest BCUT2D eigenvalue weighted by Gasteiger charge is 2.21. The Kier molecular flexibility index (Phi) is 4.80. The quantitative estimate of drug-likeness (QED) is 0.654. The molecule has 0 amide bonds. The van der Waals surface area contributed by atoms with Crippen LogP contribution in [0, 0.1) is 0 Å². The van der Waals surface area contributed by atoms with Crippen molar-refractivity contribution in [1.29, 1.82) is 0 Å². The Morgan fingerprint density at radius 1 is 1.24 bits per heavy atom. The second kappa shape index (κ2) is 6.58. The molecular weight excluding hydrogens is 274 g/mol. The minimum atomic E-state index is -1.49. The molecule has 0 atom stereocenters. The first-order valence-corrected chi connectivity index (χ1v) is 6.82. The van der Waals surface area contributed by atoms with Crippen LogP contribution in [0.15, 0.2) is 18.2 Å². The molecule has 1 aliphatic heterocycles. The van der Waals surface area contributed by atoms with Crippen molar-refractivity contribution in [1.82, 2.24) is 4.90 Å². The van der Waals surface area contributed by atoms with Crippen LogP contribution in [0.1, 0.15) is 23.2 Å². The smallest absolute Gasteiger partial charge is 0.377 e. The standard InChI is InChI=1S/C15H19NO5/c1-16-7-5-11(6-8-16)21-12-4-3-10(9-13(12)20-2)14(17)15(18)19/h3-4,9,11H,5-8H2,1-2H3,(H,18,19). The van der Waals surface area contributed by atoms with E-state index in [4.69, 9.17) is 14.6 Å². The average molecular weight is 293 g/mol. The zero-order chi connectivity index (χ0) is 15.4. The first kappa shape index (κ1) is 15.3. The highest BCUT2D eigenvalue weighted by atomic mass is 16.5. The lowest BCUT2D eigenvalue weighted by Gasteiger charge is -2.29. The third-order valence-corrected chi connectivity index (χ3v) is 3.58. The fraction of sp³-hybridized carbons (Fsp3) is 0.467. The number of ketones is 1. The van der Waals surface area contributed by atoms with E-state index in [2.05, 4.69) is 11.9 Å². The summed E-state index contributed by atoms with van der Waals surface area (Å²) in [5.74, 6) is -1.53. The van der Waals surface area contributed by atoms with E-state index in [-0.39, 0.29) is 11.7 Å². The topological polar surface area (TPSA) is 76.1 Å². The van der Waals surface area contributed by atoms with E-state index in [1.807, 2.05) is 0 Å². The number of benzene rings is 1. The number of rotatable bonds is 5. The maximum absolute atomic E-state index is 11.4. The van der Waals surface area contributed by atoms with Crippen molar-refractivity contribution in [2.24, 2.45) is 0 Å². The van der Waals surface area contributed by atoms with Crippen molar-refractivity contribution < 1.29 is 24.2 Å². The van der Waals surface area contributed by atoms with E-state index in [0.717, 1.165) is 25.9 Å². The Bertz CT molecular complexity index is 535. The molecule has 21 heavy (non-hydrogen) atoms. The number of carboxylic acids is 1. The molecule has 1 saturated heterocycles. The summed E-state index contributed by atoms with van der Waals surface area (Å²) < 4.78 is 11.1. The summed E-state index contributed by atoms with van der Waals surface area (Å²) in [4.78, 5) is 24.4. The van der Waals surface area contributed by atoms with Gasteiger partial charge < -0.3 is 19.5 Å². The van der Waals surface area contributed by atoms with Crippen LogP contribution in [-0.2, 0) is 4.79 Å². The molecule has 0 bridgehead atoms. The number of Topliss-reactive ketones (excluding diaryl/α,β-unsaturated/α-hetero) is 1. The Hall–Kier alpha value is -2.08. The molecule has 0 radical (unpaired) electrons. The summed E-state index contributed by atoms with van der Waals surface area (Å²) in [5, 5.41) is 8.73. The number of nitrogens with zero attached hydrogens (tertiary/aromatic N) is 1. The average Bonchev–Trinajstić information content (AvgIpc) is 2.49. The van der Waals surface area contributed by atoms with Crippen LogP contribution < -0.4 is 9.47 Å². The number of carbonyl (C=O) groups excluding carboxylic acids is 1. The molecule has 1 aromatic rings. The van der Waals surface area contributed by atoms with Gasteiger partial charge in [0.2, 0.25) is 0 Å². The van der Waals surface area contributed by atoms with Crippen LogP contribution in [0.2, 0.25) is 0 Å². The third-order valence-electron chi connectivity index (χ3n) is 3.58. The normalized spacial score (nSPS) is 16.5. The van der Waals surface area contributed by atoms with Crippen molar-refractivity contribution in [2.75, 3.05) is 27.2 Å². The van der Waals surface area contributed by atoms with E-state index >= 15 is 0 Å². The molecule has 0 saturated carbocycles. The molecule has 1 fully saturated rings. The Balaban J connectivity index is 2.13. The van der Waals surface area contributed by atoms with Crippen LogP contribution in [0.25, 0.3) is 0 Å². The van der Waals surface area contributed by atoms with E-state index < -0.39 is 11.8 Å². The Morgan fingerprint density at radius 3 is 2.48 bits per heavy atom. The van der Waals surface area contributed by atoms with Gasteiger partial charge in [0.15, 0.2) is 11.5 Å². The fourth-order valence-electron chi connectivity index (χ4n) is 2.31. The van der Waals surface area contributed by atoms with Gasteiger partial charge in [0.25, 0.3) is 5.78 Å². The van der Waals surface area contributed by atoms with E-state index in [1.165, 1.54) is 19.2 Å². The number of likely N-dealkylation sites (tertiary alicyclic amines) is 1. The summed E-state index contributed by atoms with van der Waals surface area (Å²) in [6.45, 7) is 1.95. The first-order chi connectivity index (χ1) is 10.0. The molecule has 1 aromatic carbocycles. The molecule has 0 unspecified atom stereocenters. The zero-order valence-electron chi connectivity index (χ0n) is 12.2. The summed E-state index contributed by atoms with van der Waals surface area (Å²) >= 11 is 0. The molecule has 1 aliphatic rings. The van der Waals surface area contributed by atoms with Crippen LogP contribution in [-0.4, -0.2) is 55.1 Å². The summed E-state index contributed by atoms with van der Waals surface area (Å²) in [6, 6.07) is 4.44. The number of hydrogen-bond donors (Lipinski definition) is 1. The monoisotopic (exact) mass is 293 g/mol. The minimum Gasteiger partial charge on any atom is -0.493 e. The lowest BCUT2D eigenvalue weighted by atomic mass is 10.1. The van der Waals surface area contributed by atoms with Gasteiger partial charge in [-0.05, 0) is 38.1 Å². The van der Waals surface area contributed by atoms with Gasteiger partial charge >= 0.3 is 5.97 Å². The number of carboxylic acid groups (broad SMARTS) is 1. The lowest BCUT2D eigenvalue weighted by Crippen LogP contribution is -2.35. The number of hydrogen-bond acceptors (Lipinski definition) is 5. The maximum Gasteiger partial charge on any atom is 0.377 e. The molecule has 2 rings (SSSR count).